The minimum absolute atomic E-state index is 0.160. The number of hydrogen-bond acceptors (Lipinski definition) is 8. The van der Waals surface area contributed by atoms with Gasteiger partial charge in [-0.15, -0.1) is 0 Å². The molecule has 3 heterocycles. The Bertz CT molecular complexity index is 716. The number of morpholine rings is 1. The number of rotatable bonds is 3. The molecule has 0 unspecified atom stereocenters. The molecule has 0 radical (unpaired) electrons. The van der Waals surface area contributed by atoms with Gasteiger partial charge in [-0.25, -0.2) is 0 Å². The number of likely N-dealkylation sites (N-methyl/N-ethyl adjacent to an activating group) is 1. The van der Waals surface area contributed by atoms with Gasteiger partial charge in [-0.05, 0) is 6.92 Å². The van der Waals surface area contributed by atoms with Crippen molar-refractivity contribution in [3.63, 3.8) is 0 Å². The van der Waals surface area contributed by atoms with E-state index in [1.165, 1.54) is 16.7 Å². The standard InChI is InChI=1S/C14H14N4O3S2/c1-2-18-12(19)10(23-14(18)22)7-11-16-9(8-15)13(21-11)17-3-5-20-6-4-17/h7H,2-6H2,1H3/b10-7-. The average Bonchev–Trinajstić information content (AvgIpc) is 3.09. The molecule has 23 heavy (non-hydrogen) atoms. The quantitative estimate of drug-likeness (QED) is 0.600. The lowest BCUT2D eigenvalue weighted by atomic mass is 10.4. The van der Waals surface area contributed by atoms with Gasteiger partial charge in [-0.3, -0.25) is 9.69 Å². The fourth-order valence-electron chi connectivity index (χ4n) is 2.33. The Morgan fingerprint density at radius 3 is 2.83 bits per heavy atom. The Kier molecular flexibility index (Phi) is 4.66. The van der Waals surface area contributed by atoms with Crippen LogP contribution in [0.4, 0.5) is 5.88 Å². The highest BCUT2D eigenvalue weighted by molar-refractivity contribution is 8.26. The summed E-state index contributed by atoms with van der Waals surface area (Å²) >= 11 is 6.38. The van der Waals surface area contributed by atoms with Crippen LogP contribution in [-0.2, 0) is 9.53 Å². The van der Waals surface area contributed by atoms with Crippen LogP contribution < -0.4 is 4.90 Å². The minimum Gasteiger partial charge on any atom is -0.420 e. The maximum Gasteiger partial charge on any atom is 0.266 e. The van der Waals surface area contributed by atoms with Crippen LogP contribution in [0.25, 0.3) is 6.08 Å². The Hall–Kier alpha value is -1.89. The van der Waals surface area contributed by atoms with Crippen molar-refractivity contribution in [2.75, 3.05) is 37.7 Å². The fraction of sp³-hybridized carbons (Fsp3) is 0.429. The topological polar surface area (TPSA) is 82.6 Å². The van der Waals surface area contributed by atoms with Crippen LogP contribution in [0.3, 0.4) is 0 Å². The lowest BCUT2D eigenvalue weighted by Crippen LogP contribution is -2.36. The van der Waals surface area contributed by atoms with Gasteiger partial charge < -0.3 is 14.1 Å². The third-order valence-corrected chi connectivity index (χ3v) is 4.85. The maximum absolute atomic E-state index is 12.2. The SMILES string of the molecule is CCN1C(=O)/C(=C/c2nc(C#N)c(N3CCOCC3)o2)SC1=S. The number of aromatic nitrogens is 1. The first-order valence-corrected chi connectivity index (χ1v) is 8.35. The van der Waals surface area contributed by atoms with Gasteiger partial charge >= 0.3 is 0 Å². The van der Waals surface area contributed by atoms with Crippen molar-refractivity contribution in [2.45, 2.75) is 6.92 Å². The largest absolute Gasteiger partial charge is 0.420 e. The molecule has 0 aliphatic carbocycles. The monoisotopic (exact) mass is 350 g/mol. The number of amides is 1. The smallest absolute Gasteiger partial charge is 0.266 e. The molecule has 0 saturated carbocycles. The van der Waals surface area contributed by atoms with Crippen molar-refractivity contribution >= 4 is 46.2 Å². The molecule has 7 nitrogen and oxygen atoms in total. The highest BCUT2D eigenvalue weighted by Gasteiger charge is 2.31. The Morgan fingerprint density at radius 2 is 2.22 bits per heavy atom. The van der Waals surface area contributed by atoms with Crippen molar-refractivity contribution in [1.82, 2.24) is 9.88 Å². The van der Waals surface area contributed by atoms with E-state index < -0.39 is 0 Å². The number of oxazole rings is 1. The van der Waals surface area contributed by atoms with E-state index in [9.17, 15) is 10.1 Å². The summed E-state index contributed by atoms with van der Waals surface area (Å²) in [5.41, 5.74) is 0.212. The summed E-state index contributed by atoms with van der Waals surface area (Å²) in [7, 11) is 0. The molecule has 1 amide bonds. The summed E-state index contributed by atoms with van der Waals surface area (Å²) in [5.74, 6) is 0.500. The molecule has 2 aliphatic rings. The number of hydrogen-bond donors (Lipinski definition) is 0. The summed E-state index contributed by atoms with van der Waals surface area (Å²) in [6.45, 7) is 4.83. The first kappa shape index (κ1) is 16.0. The molecule has 3 rings (SSSR count). The first-order chi connectivity index (χ1) is 11.1. The summed E-state index contributed by atoms with van der Waals surface area (Å²) < 4.78 is 11.5. The molecule has 120 valence electrons. The van der Waals surface area contributed by atoms with Gasteiger partial charge in [0.1, 0.15) is 10.4 Å². The zero-order valence-electron chi connectivity index (χ0n) is 12.4. The molecule has 0 atom stereocenters. The highest BCUT2D eigenvalue weighted by Crippen LogP contribution is 2.33. The normalized spacial score (nSPS) is 20.4. The van der Waals surface area contributed by atoms with Crippen molar-refractivity contribution < 1.29 is 13.9 Å². The average molecular weight is 350 g/mol. The molecular formula is C14H14N4O3S2. The van der Waals surface area contributed by atoms with Crippen LogP contribution in [0.5, 0.6) is 0 Å². The summed E-state index contributed by atoms with van der Waals surface area (Å²) in [6.07, 6.45) is 1.54. The predicted molar refractivity (Wildman–Crippen MR) is 89.8 cm³/mol. The number of anilines is 1. The van der Waals surface area contributed by atoms with E-state index in [4.69, 9.17) is 21.4 Å². The molecule has 2 aliphatic heterocycles. The molecule has 0 spiro atoms. The van der Waals surface area contributed by atoms with E-state index in [1.807, 2.05) is 17.9 Å². The first-order valence-electron chi connectivity index (χ1n) is 7.13. The van der Waals surface area contributed by atoms with Crippen LogP contribution in [-0.4, -0.2) is 53.0 Å². The predicted octanol–water partition coefficient (Wildman–Crippen LogP) is 1.60. The molecule has 2 saturated heterocycles. The van der Waals surface area contributed by atoms with E-state index in [1.54, 1.807) is 6.08 Å². The highest BCUT2D eigenvalue weighted by atomic mass is 32.2. The number of thiocarbonyl (C=S) groups is 1. The van der Waals surface area contributed by atoms with Crippen molar-refractivity contribution in [3.05, 3.63) is 16.5 Å². The van der Waals surface area contributed by atoms with Crippen molar-refractivity contribution in [3.8, 4) is 6.07 Å². The lowest BCUT2D eigenvalue weighted by molar-refractivity contribution is -0.121. The van der Waals surface area contributed by atoms with Crippen molar-refractivity contribution in [2.24, 2.45) is 0 Å². The third kappa shape index (κ3) is 3.10. The zero-order valence-corrected chi connectivity index (χ0v) is 14.1. The van der Waals surface area contributed by atoms with Gasteiger partial charge in [-0.2, -0.15) is 10.2 Å². The second-order valence-corrected chi connectivity index (χ2v) is 6.52. The van der Waals surface area contributed by atoms with E-state index in [2.05, 4.69) is 4.98 Å². The zero-order chi connectivity index (χ0) is 16.4. The second kappa shape index (κ2) is 6.70. The number of thioether (sulfide) groups is 1. The van der Waals surface area contributed by atoms with Crippen molar-refractivity contribution in [1.29, 1.82) is 5.26 Å². The van der Waals surface area contributed by atoms with Crippen LogP contribution in [0.2, 0.25) is 0 Å². The van der Waals surface area contributed by atoms with Crippen LogP contribution in [0.1, 0.15) is 18.5 Å². The molecule has 1 aromatic rings. The number of ether oxygens (including phenoxy) is 1. The van der Waals surface area contributed by atoms with Gasteiger partial charge in [0, 0.05) is 25.7 Å². The number of carbonyl (C=O) groups excluding carboxylic acids is 1. The number of nitrogens with zero attached hydrogens (tertiary/aromatic N) is 4. The maximum atomic E-state index is 12.2. The van der Waals surface area contributed by atoms with Gasteiger partial charge in [0.15, 0.2) is 0 Å². The second-order valence-electron chi connectivity index (χ2n) is 4.84. The van der Waals surface area contributed by atoms with Crippen LogP contribution in [0, 0.1) is 11.3 Å². The molecular weight excluding hydrogens is 336 g/mol. The van der Waals surface area contributed by atoms with E-state index >= 15 is 0 Å². The number of carbonyl (C=O) groups is 1. The van der Waals surface area contributed by atoms with Crippen LogP contribution >= 0.6 is 24.0 Å². The summed E-state index contributed by atoms with van der Waals surface area (Å²) in [6, 6.07) is 2.03. The Morgan fingerprint density at radius 1 is 1.48 bits per heavy atom. The Labute approximate surface area is 142 Å². The summed E-state index contributed by atoms with van der Waals surface area (Å²) in [5, 5.41) is 9.25. The minimum atomic E-state index is -0.160. The molecule has 1 aromatic heterocycles. The fourth-order valence-corrected chi connectivity index (χ4v) is 3.68. The van der Waals surface area contributed by atoms with Gasteiger partial charge in [0.25, 0.3) is 5.91 Å². The summed E-state index contributed by atoms with van der Waals surface area (Å²) in [4.78, 5) is 20.3. The lowest BCUT2D eigenvalue weighted by Gasteiger charge is -2.25. The third-order valence-electron chi connectivity index (χ3n) is 3.47. The molecule has 0 N–H and O–H groups in total. The molecule has 0 bridgehead atoms. The van der Waals surface area contributed by atoms with E-state index in [-0.39, 0.29) is 17.5 Å². The van der Waals surface area contributed by atoms with E-state index in [0.717, 1.165) is 0 Å². The Balaban J connectivity index is 1.88. The molecule has 2 fully saturated rings. The molecule has 0 aromatic carbocycles. The van der Waals surface area contributed by atoms with Gasteiger partial charge in [0.2, 0.25) is 17.5 Å². The van der Waals surface area contributed by atoms with Gasteiger partial charge in [0.05, 0.1) is 18.1 Å². The van der Waals surface area contributed by atoms with Crippen LogP contribution in [0.15, 0.2) is 9.32 Å². The van der Waals surface area contributed by atoms with E-state index in [0.29, 0.717) is 48.0 Å². The molecule has 9 heteroatoms. The number of nitriles is 1. The van der Waals surface area contributed by atoms with Gasteiger partial charge in [-0.1, -0.05) is 24.0 Å².